The molecule has 0 fully saturated rings. The molecule has 3 heteroatoms. The minimum Gasteiger partial charge on any atom is -0.506 e. The van der Waals surface area contributed by atoms with E-state index in [1.807, 2.05) is 6.92 Å². The Labute approximate surface area is 75.6 Å². The second-order valence-corrected chi connectivity index (χ2v) is 3.06. The van der Waals surface area contributed by atoms with E-state index in [9.17, 15) is 0 Å². The molecule has 0 unspecified atom stereocenters. The van der Waals surface area contributed by atoms with E-state index in [1.165, 1.54) is 6.07 Å². The van der Waals surface area contributed by atoms with E-state index in [0.29, 0.717) is 10.0 Å². The Hall–Kier alpha value is -0.400. The first-order valence-corrected chi connectivity index (χ1v) is 4.07. The van der Waals surface area contributed by atoms with Gasteiger partial charge in [0.1, 0.15) is 5.75 Å². The van der Waals surface area contributed by atoms with E-state index in [0.717, 1.165) is 12.0 Å². The Morgan fingerprint density at radius 2 is 1.91 bits per heavy atom. The van der Waals surface area contributed by atoms with Crippen molar-refractivity contribution in [2.75, 3.05) is 0 Å². The standard InChI is InChI=1S/C8H8Cl2O/c1-2-5-3-7(10)8(11)4-6(5)9/h3-4,11H,2H2,1H3. The number of phenols is 1. The molecule has 1 N–H and O–H groups in total. The highest BCUT2D eigenvalue weighted by Gasteiger charge is 2.03. The zero-order chi connectivity index (χ0) is 8.43. The van der Waals surface area contributed by atoms with Gasteiger partial charge >= 0.3 is 0 Å². The summed E-state index contributed by atoms with van der Waals surface area (Å²) in [6.07, 6.45) is 0.818. The third-order valence-electron chi connectivity index (χ3n) is 1.50. The van der Waals surface area contributed by atoms with Crippen LogP contribution in [-0.2, 0) is 6.42 Å². The van der Waals surface area contributed by atoms with Gasteiger partial charge in [-0.15, -0.1) is 0 Å². The highest BCUT2D eigenvalue weighted by molar-refractivity contribution is 6.34. The van der Waals surface area contributed by atoms with Crippen LogP contribution in [0.1, 0.15) is 12.5 Å². The summed E-state index contributed by atoms with van der Waals surface area (Å²) in [4.78, 5) is 0. The van der Waals surface area contributed by atoms with Gasteiger partial charge in [0.05, 0.1) is 5.02 Å². The Morgan fingerprint density at radius 1 is 1.27 bits per heavy atom. The number of benzene rings is 1. The van der Waals surface area contributed by atoms with Crippen molar-refractivity contribution in [1.82, 2.24) is 0 Å². The molecular weight excluding hydrogens is 183 g/mol. The Balaban J connectivity index is 3.21. The highest BCUT2D eigenvalue weighted by atomic mass is 35.5. The van der Waals surface area contributed by atoms with Crippen molar-refractivity contribution in [2.45, 2.75) is 13.3 Å². The lowest BCUT2D eigenvalue weighted by Crippen LogP contribution is -1.81. The minimum absolute atomic E-state index is 0.0360. The van der Waals surface area contributed by atoms with Crippen LogP contribution >= 0.6 is 23.2 Å². The van der Waals surface area contributed by atoms with Gasteiger partial charge in [-0.05, 0) is 18.1 Å². The SMILES string of the molecule is CCc1cc(Cl)c(O)cc1Cl. The first-order valence-electron chi connectivity index (χ1n) is 3.32. The highest BCUT2D eigenvalue weighted by Crippen LogP contribution is 2.29. The summed E-state index contributed by atoms with van der Waals surface area (Å²) in [6, 6.07) is 3.14. The maximum Gasteiger partial charge on any atom is 0.135 e. The van der Waals surface area contributed by atoms with E-state index >= 15 is 0 Å². The molecule has 60 valence electrons. The molecule has 0 radical (unpaired) electrons. The topological polar surface area (TPSA) is 20.2 Å². The van der Waals surface area contributed by atoms with Crippen LogP contribution in [0.5, 0.6) is 5.75 Å². The van der Waals surface area contributed by atoms with Crippen molar-refractivity contribution in [3.8, 4) is 5.75 Å². The van der Waals surface area contributed by atoms with Crippen LogP contribution in [0.3, 0.4) is 0 Å². The van der Waals surface area contributed by atoms with Crippen molar-refractivity contribution in [1.29, 1.82) is 0 Å². The number of halogens is 2. The second-order valence-electron chi connectivity index (χ2n) is 2.25. The summed E-state index contributed by atoms with van der Waals surface area (Å²) in [7, 11) is 0. The molecule has 1 rings (SSSR count). The number of hydrogen-bond acceptors (Lipinski definition) is 1. The lowest BCUT2D eigenvalue weighted by Gasteiger charge is -2.02. The summed E-state index contributed by atoms with van der Waals surface area (Å²) in [5.74, 6) is 0.0360. The van der Waals surface area contributed by atoms with Crippen LogP contribution in [0.2, 0.25) is 10.0 Å². The molecule has 1 aromatic carbocycles. The van der Waals surface area contributed by atoms with Crippen molar-refractivity contribution in [2.24, 2.45) is 0 Å². The van der Waals surface area contributed by atoms with Crippen molar-refractivity contribution in [3.05, 3.63) is 27.7 Å². The zero-order valence-electron chi connectivity index (χ0n) is 6.06. The average Bonchev–Trinajstić information content (AvgIpc) is 1.97. The fourth-order valence-electron chi connectivity index (χ4n) is 0.848. The predicted molar refractivity (Wildman–Crippen MR) is 47.5 cm³/mol. The second kappa shape index (κ2) is 3.33. The molecule has 0 aliphatic carbocycles. The first-order chi connectivity index (χ1) is 5.15. The molecule has 0 heterocycles. The van der Waals surface area contributed by atoms with E-state index in [4.69, 9.17) is 28.3 Å². The summed E-state index contributed by atoms with van der Waals surface area (Å²) < 4.78 is 0. The maximum atomic E-state index is 9.10. The van der Waals surface area contributed by atoms with Crippen molar-refractivity contribution >= 4 is 23.2 Å². The lowest BCUT2D eigenvalue weighted by atomic mass is 10.2. The molecule has 0 spiro atoms. The predicted octanol–water partition coefficient (Wildman–Crippen LogP) is 3.26. The molecule has 0 saturated heterocycles. The smallest absolute Gasteiger partial charge is 0.135 e. The third kappa shape index (κ3) is 1.79. The number of rotatable bonds is 1. The summed E-state index contributed by atoms with van der Waals surface area (Å²) in [6.45, 7) is 1.98. The molecule has 0 amide bonds. The molecule has 0 aromatic heterocycles. The molecule has 1 aromatic rings. The van der Waals surface area contributed by atoms with E-state index in [-0.39, 0.29) is 5.75 Å². The van der Waals surface area contributed by atoms with Gasteiger partial charge in [0.25, 0.3) is 0 Å². The molecule has 0 saturated carbocycles. The molecule has 0 aliphatic heterocycles. The number of aryl methyl sites for hydroxylation is 1. The molecule has 1 nitrogen and oxygen atoms in total. The Kier molecular flexibility index (Phi) is 2.63. The van der Waals surface area contributed by atoms with Gasteiger partial charge in [-0.2, -0.15) is 0 Å². The van der Waals surface area contributed by atoms with Crippen LogP contribution in [0.25, 0.3) is 0 Å². The molecule has 0 atom stereocenters. The average molecular weight is 191 g/mol. The van der Waals surface area contributed by atoms with Gasteiger partial charge in [-0.3, -0.25) is 0 Å². The first kappa shape index (κ1) is 8.69. The summed E-state index contributed by atoms with van der Waals surface area (Å²) >= 11 is 11.4. The number of aromatic hydroxyl groups is 1. The molecule has 0 aliphatic rings. The van der Waals surface area contributed by atoms with Crippen LogP contribution in [0.15, 0.2) is 12.1 Å². The lowest BCUT2D eigenvalue weighted by molar-refractivity contribution is 0.475. The Morgan fingerprint density at radius 3 is 2.45 bits per heavy atom. The van der Waals surface area contributed by atoms with E-state index in [1.54, 1.807) is 6.07 Å². The van der Waals surface area contributed by atoms with Crippen LogP contribution in [0, 0.1) is 0 Å². The van der Waals surface area contributed by atoms with Crippen LogP contribution in [0.4, 0.5) is 0 Å². The normalized spacial score (nSPS) is 10.1. The largest absolute Gasteiger partial charge is 0.506 e. The fraction of sp³-hybridized carbons (Fsp3) is 0.250. The Bertz CT molecular complexity index is 271. The van der Waals surface area contributed by atoms with Gasteiger partial charge in [0, 0.05) is 11.1 Å². The van der Waals surface area contributed by atoms with Crippen LogP contribution in [-0.4, -0.2) is 5.11 Å². The molecular formula is C8H8Cl2O. The van der Waals surface area contributed by atoms with Gasteiger partial charge in [-0.1, -0.05) is 30.1 Å². The van der Waals surface area contributed by atoms with Crippen molar-refractivity contribution < 1.29 is 5.11 Å². The van der Waals surface area contributed by atoms with Crippen LogP contribution < -0.4 is 0 Å². The summed E-state index contributed by atoms with van der Waals surface area (Å²) in [5, 5.41) is 10.0. The van der Waals surface area contributed by atoms with Gasteiger partial charge in [0.15, 0.2) is 0 Å². The van der Waals surface area contributed by atoms with E-state index in [2.05, 4.69) is 0 Å². The molecule has 0 bridgehead atoms. The van der Waals surface area contributed by atoms with E-state index < -0.39 is 0 Å². The zero-order valence-corrected chi connectivity index (χ0v) is 7.58. The maximum absolute atomic E-state index is 9.10. The third-order valence-corrected chi connectivity index (χ3v) is 2.15. The van der Waals surface area contributed by atoms with Gasteiger partial charge in [0.2, 0.25) is 0 Å². The number of hydrogen-bond donors (Lipinski definition) is 1. The quantitative estimate of drug-likeness (QED) is 0.722. The van der Waals surface area contributed by atoms with Gasteiger partial charge < -0.3 is 5.11 Å². The van der Waals surface area contributed by atoms with Crippen molar-refractivity contribution in [3.63, 3.8) is 0 Å². The number of phenolic OH excluding ortho intramolecular Hbond substituents is 1. The van der Waals surface area contributed by atoms with Gasteiger partial charge in [-0.25, -0.2) is 0 Å². The minimum atomic E-state index is 0.0360. The monoisotopic (exact) mass is 190 g/mol. The summed E-state index contributed by atoms with van der Waals surface area (Å²) in [5.41, 5.74) is 0.953. The fourth-order valence-corrected chi connectivity index (χ4v) is 1.33. The molecule has 11 heavy (non-hydrogen) atoms.